The van der Waals surface area contributed by atoms with Crippen LogP contribution in [-0.2, 0) is 0 Å². The predicted molar refractivity (Wildman–Crippen MR) is 65.3 cm³/mol. The second-order valence-electron chi connectivity index (χ2n) is 3.73. The minimum Gasteiger partial charge on any atom is -0.497 e. The van der Waals surface area contributed by atoms with Crippen molar-refractivity contribution < 1.29 is 19.0 Å². The first-order valence-electron chi connectivity index (χ1n) is 5.29. The van der Waals surface area contributed by atoms with Crippen LogP contribution < -0.4 is 4.74 Å². The summed E-state index contributed by atoms with van der Waals surface area (Å²) in [4.78, 5) is 10.9. The van der Waals surface area contributed by atoms with Crippen molar-refractivity contribution in [2.45, 2.75) is 0 Å². The van der Waals surface area contributed by atoms with Crippen LogP contribution in [0, 0.1) is 5.82 Å². The lowest BCUT2D eigenvalue weighted by Gasteiger charge is -2.07. The van der Waals surface area contributed by atoms with Gasteiger partial charge < -0.3 is 9.84 Å². The van der Waals surface area contributed by atoms with Crippen molar-refractivity contribution in [3.05, 3.63) is 53.8 Å². The van der Waals surface area contributed by atoms with Gasteiger partial charge in [-0.3, -0.25) is 0 Å². The molecule has 0 bridgehead atoms. The molecule has 3 nitrogen and oxygen atoms in total. The van der Waals surface area contributed by atoms with Gasteiger partial charge in [-0.25, -0.2) is 9.18 Å². The highest BCUT2D eigenvalue weighted by molar-refractivity contribution is 5.89. The number of ether oxygens (including phenoxy) is 1. The van der Waals surface area contributed by atoms with Crippen LogP contribution in [0.4, 0.5) is 4.39 Å². The Hall–Kier alpha value is -2.36. The maximum Gasteiger partial charge on any atom is 0.335 e. The second-order valence-corrected chi connectivity index (χ2v) is 3.73. The predicted octanol–water partition coefficient (Wildman–Crippen LogP) is 3.20. The van der Waals surface area contributed by atoms with E-state index >= 15 is 0 Å². The molecule has 2 aromatic carbocycles. The Kier molecular flexibility index (Phi) is 3.28. The average molecular weight is 246 g/mol. The molecule has 18 heavy (non-hydrogen) atoms. The first kappa shape index (κ1) is 12.1. The quantitative estimate of drug-likeness (QED) is 0.904. The van der Waals surface area contributed by atoms with Gasteiger partial charge in [0.1, 0.15) is 11.6 Å². The molecule has 2 rings (SSSR count). The van der Waals surface area contributed by atoms with Gasteiger partial charge in [0, 0.05) is 5.56 Å². The van der Waals surface area contributed by atoms with Crippen molar-refractivity contribution in [2.24, 2.45) is 0 Å². The molecule has 0 saturated heterocycles. The molecular weight excluding hydrogens is 235 g/mol. The molecule has 0 spiro atoms. The Morgan fingerprint density at radius 3 is 2.67 bits per heavy atom. The summed E-state index contributed by atoms with van der Waals surface area (Å²) in [5, 5.41) is 8.90. The van der Waals surface area contributed by atoms with E-state index in [0.29, 0.717) is 11.3 Å². The monoisotopic (exact) mass is 246 g/mol. The number of carboxylic acid groups (broad SMARTS) is 1. The number of halogens is 1. The summed E-state index contributed by atoms with van der Waals surface area (Å²) >= 11 is 0. The number of carbonyl (C=O) groups is 1. The van der Waals surface area contributed by atoms with E-state index in [-0.39, 0.29) is 11.1 Å². The average Bonchev–Trinajstić information content (AvgIpc) is 2.39. The van der Waals surface area contributed by atoms with Crippen molar-refractivity contribution in [3.63, 3.8) is 0 Å². The van der Waals surface area contributed by atoms with Crippen molar-refractivity contribution in [1.29, 1.82) is 0 Å². The summed E-state index contributed by atoms with van der Waals surface area (Å²) in [6.45, 7) is 0. The van der Waals surface area contributed by atoms with Crippen LogP contribution in [0.5, 0.6) is 5.75 Å². The van der Waals surface area contributed by atoms with Crippen LogP contribution in [0.3, 0.4) is 0 Å². The number of hydrogen-bond donors (Lipinski definition) is 1. The van der Waals surface area contributed by atoms with Gasteiger partial charge in [0.05, 0.1) is 12.7 Å². The van der Waals surface area contributed by atoms with E-state index in [2.05, 4.69) is 0 Å². The van der Waals surface area contributed by atoms with Gasteiger partial charge in [-0.1, -0.05) is 12.1 Å². The van der Waals surface area contributed by atoms with E-state index in [0.717, 1.165) is 6.07 Å². The molecule has 0 atom stereocenters. The molecule has 0 aromatic heterocycles. The molecule has 0 radical (unpaired) electrons. The third-order valence-corrected chi connectivity index (χ3v) is 2.59. The zero-order valence-electron chi connectivity index (χ0n) is 9.68. The van der Waals surface area contributed by atoms with Gasteiger partial charge in [-0.15, -0.1) is 0 Å². The van der Waals surface area contributed by atoms with Crippen LogP contribution in [0.15, 0.2) is 42.5 Å². The fourth-order valence-electron chi connectivity index (χ4n) is 1.67. The molecule has 0 unspecified atom stereocenters. The third-order valence-electron chi connectivity index (χ3n) is 2.59. The van der Waals surface area contributed by atoms with Gasteiger partial charge in [-0.2, -0.15) is 0 Å². The summed E-state index contributed by atoms with van der Waals surface area (Å²) in [5.74, 6) is -0.958. The molecule has 4 heteroatoms. The lowest BCUT2D eigenvalue weighted by molar-refractivity contribution is 0.0697. The standard InChI is InChI=1S/C14H11FO3/c1-18-11-4-2-3-9(7-11)12-8-10(14(16)17)5-6-13(12)15/h2-8H,1H3,(H,16,17). The molecule has 0 fully saturated rings. The summed E-state index contributed by atoms with van der Waals surface area (Å²) in [7, 11) is 1.52. The topological polar surface area (TPSA) is 46.5 Å². The van der Waals surface area contributed by atoms with Gasteiger partial charge in [0.15, 0.2) is 0 Å². The van der Waals surface area contributed by atoms with Crippen molar-refractivity contribution in [3.8, 4) is 16.9 Å². The molecule has 0 aliphatic carbocycles. The number of aromatic carboxylic acids is 1. The zero-order valence-corrected chi connectivity index (χ0v) is 9.68. The van der Waals surface area contributed by atoms with Crippen molar-refractivity contribution in [1.82, 2.24) is 0 Å². The number of methoxy groups -OCH3 is 1. The Bertz CT molecular complexity index is 593. The third kappa shape index (κ3) is 2.32. The molecule has 0 heterocycles. The summed E-state index contributed by atoms with van der Waals surface area (Å²) < 4.78 is 18.8. The number of benzene rings is 2. The Balaban J connectivity index is 2.54. The highest BCUT2D eigenvalue weighted by Gasteiger charge is 2.10. The zero-order chi connectivity index (χ0) is 13.1. The highest BCUT2D eigenvalue weighted by atomic mass is 19.1. The molecule has 2 aromatic rings. The van der Waals surface area contributed by atoms with Gasteiger partial charge in [0.25, 0.3) is 0 Å². The second kappa shape index (κ2) is 4.87. The lowest BCUT2D eigenvalue weighted by atomic mass is 10.0. The fourth-order valence-corrected chi connectivity index (χ4v) is 1.67. The van der Waals surface area contributed by atoms with Crippen molar-refractivity contribution in [2.75, 3.05) is 7.11 Å². The maximum absolute atomic E-state index is 13.7. The van der Waals surface area contributed by atoms with E-state index in [4.69, 9.17) is 9.84 Å². The molecular formula is C14H11FO3. The van der Waals surface area contributed by atoms with Crippen molar-refractivity contribution >= 4 is 5.97 Å². The van der Waals surface area contributed by atoms with Crippen LogP contribution in [0.2, 0.25) is 0 Å². The van der Waals surface area contributed by atoms with Crippen LogP contribution in [-0.4, -0.2) is 18.2 Å². The summed E-state index contributed by atoms with van der Waals surface area (Å²) in [5.41, 5.74) is 0.873. The Labute approximate surface area is 103 Å². The molecule has 1 N–H and O–H groups in total. The molecule has 0 amide bonds. The molecule has 0 saturated carbocycles. The van der Waals surface area contributed by atoms with Gasteiger partial charge in [0.2, 0.25) is 0 Å². The summed E-state index contributed by atoms with van der Waals surface area (Å²) in [6, 6.07) is 10.5. The van der Waals surface area contributed by atoms with Gasteiger partial charge in [-0.05, 0) is 35.9 Å². The van der Waals surface area contributed by atoms with E-state index in [1.807, 2.05) is 0 Å². The number of carboxylic acids is 1. The minimum atomic E-state index is -1.08. The normalized spacial score (nSPS) is 10.1. The first-order chi connectivity index (χ1) is 8.61. The van der Waals surface area contributed by atoms with E-state index in [9.17, 15) is 9.18 Å². The minimum absolute atomic E-state index is 0.0502. The van der Waals surface area contributed by atoms with E-state index < -0.39 is 11.8 Å². The molecule has 0 aliphatic rings. The van der Waals surface area contributed by atoms with E-state index in [1.165, 1.54) is 19.2 Å². The van der Waals surface area contributed by atoms with Crippen LogP contribution in [0.25, 0.3) is 11.1 Å². The molecule has 0 aliphatic heterocycles. The Morgan fingerprint density at radius 2 is 2.00 bits per heavy atom. The largest absolute Gasteiger partial charge is 0.497 e. The van der Waals surface area contributed by atoms with Crippen LogP contribution >= 0.6 is 0 Å². The fraction of sp³-hybridized carbons (Fsp3) is 0.0714. The van der Waals surface area contributed by atoms with Gasteiger partial charge >= 0.3 is 5.97 Å². The number of hydrogen-bond acceptors (Lipinski definition) is 2. The SMILES string of the molecule is COc1cccc(-c2cc(C(=O)O)ccc2F)c1. The smallest absolute Gasteiger partial charge is 0.335 e. The lowest BCUT2D eigenvalue weighted by Crippen LogP contribution is -1.97. The Morgan fingerprint density at radius 1 is 1.22 bits per heavy atom. The van der Waals surface area contributed by atoms with E-state index in [1.54, 1.807) is 24.3 Å². The summed E-state index contributed by atoms with van der Waals surface area (Å²) in [6.07, 6.45) is 0. The molecule has 92 valence electrons. The highest BCUT2D eigenvalue weighted by Crippen LogP contribution is 2.27. The maximum atomic E-state index is 13.7. The first-order valence-corrected chi connectivity index (χ1v) is 5.29. The number of rotatable bonds is 3. The van der Waals surface area contributed by atoms with Crippen LogP contribution in [0.1, 0.15) is 10.4 Å².